The molecule has 0 radical (unpaired) electrons. The van der Waals surface area contributed by atoms with Crippen LogP contribution in [0.25, 0.3) is 0 Å². The lowest BCUT2D eigenvalue weighted by molar-refractivity contribution is 0.271. The summed E-state index contributed by atoms with van der Waals surface area (Å²) in [6.07, 6.45) is 8.09. The van der Waals surface area contributed by atoms with Crippen molar-refractivity contribution in [3.8, 4) is 0 Å². The summed E-state index contributed by atoms with van der Waals surface area (Å²) in [5, 5.41) is 3.82. The molecular weight excluding hydrogens is 244 g/mol. The zero-order valence-corrected chi connectivity index (χ0v) is 12.8. The van der Waals surface area contributed by atoms with E-state index in [-0.39, 0.29) is 0 Å². The lowest BCUT2D eigenvalue weighted by Crippen LogP contribution is -2.35. The highest BCUT2D eigenvalue weighted by Gasteiger charge is 2.27. The van der Waals surface area contributed by atoms with Crippen LogP contribution in [-0.4, -0.2) is 30.6 Å². The van der Waals surface area contributed by atoms with Gasteiger partial charge in [-0.1, -0.05) is 37.6 Å². The van der Waals surface area contributed by atoms with Gasteiger partial charge < -0.3 is 5.32 Å². The Labute approximate surface area is 123 Å². The number of nitrogens with one attached hydrogen (secondary N) is 1. The first-order valence-electron chi connectivity index (χ1n) is 8.43. The maximum Gasteiger partial charge on any atom is 0.0323 e. The molecule has 1 fully saturated rings. The molecule has 2 aliphatic rings. The van der Waals surface area contributed by atoms with Crippen molar-refractivity contribution in [3.63, 3.8) is 0 Å². The predicted octanol–water partition coefficient (Wildman–Crippen LogP) is 3.53. The summed E-state index contributed by atoms with van der Waals surface area (Å²) in [6.45, 7) is 5.83. The largest absolute Gasteiger partial charge is 0.309 e. The molecule has 0 aliphatic heterocycles. The van der Waals surface area contributed by atoms with Gasteiger partial charge in [0.25, 0.3) is 0 Å². The third-order valence-electron chi connectivity index (χ3n) is 4.88. The number of aryl methyl sites for hydroxylation is 1. The van der Waals surface area contributed by atoms with E-state index in [9.17, 15) is 0 Å². The third kappa shape index (κ3) is 3.42. The Balaban J connectivity index is 1.56. The smallest absolute Gasteiger partial charge is 0.0323 e. The van der Waals surface area contributed by atoms with E-state index in [1.54, 1.807) is 11.1 Å². The van der Waals surface area contributed by atoms with Crippen molar-refractivity contribution in [1.29, 1.82) is 0 Å². The summed E-state index contributed by atoms with van der Waals surface area (Å²) in [7, 11) is 0. The average Bonchev–Trinajstić information content (AvgIpc) is 3.31. The monoisotopic (exact) mass is 272 g/mol. The van der Waals surface area contributed by atoms with Gasteiger partial charge in [0.05, 0.1) is 0 Å². The van der Waals surface area contributed by atoms with E-state index in [0.717, 1.165) is 12.6 Å². The molecule has 1 atom stereocenters. The lowest BCUT2D eigenvalue weighted by Gasteiger charge is -2.24. The second-order valence-corrected chi connectivity index (χ2v) is 6.31. The Bertz CT molecular complexity index is 425. The summed E-state index contributed by atoms with van der Waals surface area (Å²) in [6, 6.07) is 10.5. The molecule has 0 aromatic heterocycles. The molecule has 1 aromatic carbocycles. The highest BCUT2D eigenvalue weighted by molar-refractivity contribution is 5.31. The van der Waals surface area contributed by atoms with Gasteiger partial charge in [-0.05, 0) is 49.8 Å². The van der Waals surface area contributed by atoms with Crippen LogP contribution in [0.15, 0.2) is 24.3 Å². The molecule has 3 rings (SSSR count). The van der Waals surface area contributed by atoms with Gasteiger partial charge in [0, 0.05) is 25.2 Å². The molecule has 2 heteroatoms. The molecule has 2 nitrogen and oxygen atoms in total. The van der Waals surface area contributed by atoms with Crippen LogP contribution in [0.2, 0.25) is 0 Å². The fourth-order valence-electron chi connectivity index (χ4n) is 3.55. The van der Waals surface area contributed by atoms with E-state index in [1.165, 1.54) is 51.6 Å². The zero-order valence-electron chi connectivity index (χ0n) is 12.8. The molecule has 0 saturated heterocycles. The Morgan fingerprint density at radius 2 is 2.00 bits per heavy atom. The van der Waals surface area contributed by atoms with Gasteiger partial charge in [-0.15, -0.1) is 0 Å². The summed E-state index contributed by atoms with van der Waals surface area (Å²) >= 11 is 0. The summed E-state index contributed by atoms with van der Waals surface area (Å²) in [5.74, 6) is 0. The average molecular weight is 272 g/mol. The molecule has 1 unspecified atom stereocenters. The molecule has 0 amide bonds. The van der Waals surface area contributed by atoms with Crippen molar-refractivity contribution in [2.45, 2.75) is 57.5 Å². The molecular formula is C18H28N2. The highest BCUT2D eigenvalue weighted by atomic mass is 15.2. The molecule has 1 aromatic rings. The van der Waals surface area contributed by atoms with E-state index in [2.05, 4.69) is 41.4 Å². The molecule has 1 saturated carbocycles. The first-order valence-corrected chi connectivity index (χ1v) is 8.43. The van der Waals surface area contributed by atoms with Gasteiger partial charge in [0.1, 0.15) is 0 Å². The SMILES string of the molecule is CCN(CCNC1CCCCc2ccccc21)C1CC1. The first-order chi connectivity index (χ1) is 9.88. The van der Waals surface area contributed by atoms with Crippen LogP contribution in [0.5, 0.6) is 0 Å². The number of benzene rings is 1. The Kier molecular flexibility index (Phi) is 4.74. The highest BCUT2D eigenvalue weighted by Crippen LogP contribution is 2.29. The molecule has 0 heterocycles. The fourth-order valence-corrected chi connectivity index (χ4v) is 3.55. The predicted molar refractivity (Wildman–Crippen MR) is 85.0 cm³/mol. The molecule has 110 valence electrons. The number of nitrogens with zero attached hydrogens (tertiary/aromatic N) is 1. The van der Waals surface area contributed by atoms with Crippen LogP contribution in [-0.2, 0) is 6.42 Å². The van der Waals surface area contributed by atoms with Crippen LogP contribution in [0.3, 0.4) is 0 Å². The van der Waals surface area contributed by atoms with Gasteiger partial charge >= 0.3 is 0 Å². The summed E-state index contributed by atoms with van der Waals surface area (Å²) in [5.41, 5.74) is 3.12. The van der Waals surface area contributed by atoms with Gasteiger partial charge in [-0.2, -0.15) is 0 Å². The van der Waals surface area contributed by atoms with Crippen molar-refractivity contribution in [1.82, 2.24) is 10.2 Å². The van der Waals surface area contributed by atoms with Crippen LogP contribution in [0.4, 0.5) is 0 Å². The molecule has 20 heavy (non-hydrogen) atoms. The number of hydrogen-bond acceptors (Lipinski definition) is 2. The van der Waals surface area contributed by atoms with Crippen molar-refractivity contribution in [2.75, 3.05) is 19.6 Å². The lowest BCUT2D eigenvalue weighted by atomic mass is 9.99. The minimum atomic E-state index is 0.576. The number of rotatable bonds is 6. The maximum atomic E-state index is 3.82. The summed E-state index contributed by atoms with van der Waals surface area (Å²) < 4.78 is 0. The van der Waals surface area contributed by atoms with Gasteiger partial charge in [0.2, 0.25) is 0 Å². The summed E-state index contributed by atoms with van der Waals surface area (Å²) in [4.78, 5) is 2.63. The molecule has 2 aliphatic carbocycles. The van der Waals surface area contributed by atoms with Crippen molar-refractivity contribution in [3.05, 3.63) is 35.4 Å². The van der Waals surface area contributed by atoms with Crippen molar-refractivity contribution < 1.29 is 0 Å². The van der Waals surface area contributed by atoms with Crippen molar-refractivity contribution in [2.24, 2.45) is 0 Å². The van der Waals surface area contributed by atoms with E-state index >= 15 is 0 Å². The molecule has 1 N–H and O–H groups in total. The van der Waals surface area contributed by atoms with E-state index in [0.29, 0.717) is 6.04 Å². The minimum absolute atomic E-state index is 0.576. The quantitative estimate of drug-likeness (QED) is 0.797. The van der Waals surface area contributed by atoms with Gasteiger partial charge in [-0.3, -0.25) is 4.90 Å². The fraction of sp³-hybridized carbons (Fsp3) is 0.667. The van der Waals surface area contributed by atoms with Crippen LogP contribution >= 0.6 is 0 Å². The zero-order chi connectivity index (χ0) is 13.8. The Hall–Kier alpha value is -0.860. The standard InChI is InChI=1S/C18H28N2/c1-2-20(16-11-12-16)14-13-19-18-10-6-4-8-15-7-3-5-9-17(15)18/h3,5,7,9,16,18-19H,2,4,6,8,10-14H2,1H3. The second kappa shape index (κ2) is 6.73. The normalized spacial score (nSPS) is 22.6. The van der Waals surface area contributed by atoms with Gasteiger partial charge in [-0.25, -0.2) is 0 Å². The van der Waals surface area contributed by atoms with Crippen LogP contribution in [0, 0.1) is 0 Å². The molecule has 0 spiro atoms. The van der Waals surface area contributed by atoms with E-state index in [1.807, 2.05) is 0 Å². The second-order valence-electron chi connectivity index (χ2n) is 6.31. The number of fused-ring (bicyclic) bond motifs is 1. The Morgan fingerprint density at radius 3 is 2.80 bits per heavy atom. The first kappa shape index (κ1) is 14.1. The van der Waals surface area contributed by atoms with Crippen molar-refractivity contribution >= 4 is 0 Å². The third-order valence-corrected chi connectivity index (χ3v) is 4.88. The van der Waals surface area contributed by atoms with Crippen LogP contribution in [0.1, 0.15) is 56.2 Å². The van der Waals surface area contributed by atoms with Crippen LogP contribution < -0.4 is 5.32 Å². The number of hydrogen-bond donors (Lipinski definition) is 1. The number of likely N-dealkylation sites (N-methyl/N-ethyl adjacent to an activating group) is 1. The van der Waals surface area contributed by atoms with E-state index in [4.69, 9.17) is 0 Å². The van der Waals surface area contributed by atoms with Gasteiger partial charge in [0.15, 0.2) is 0 Å². The Morgan fingerprint density at radius 1 is 1.15 bits per heavy atom. The topological polar surface area (TPSA) is 15.3 Å². The molecule has 0 bridgehead atoms. The van der Waals surface area contributed by atoms with E-state index < -0.39 is 0 Å². The maximum absolute atomic E-state index is 3.82. The minimum Gasteiger partial charge on any atom is -0.309 e.